The van der Waals surface area contributed by atoms with Gasteiger partial charge >= 0.3 is 0 Å². The molecule has 0 atom stereocenters. The Kier molecular flexibility index (Phi) is 8.30. The molecule has 3 rings (SSSR count). The quantitative estimate of drug-likeness (QED) is 0.429. The van der Waals surface area contributed by atoms with Gasteiger partial charge in [-0.2, -0.15) is 0 Å². The van der Waals surface area contributed by atoms with Crippen LogP contribution in [0.25, 0.3) is 0 Å². The first kappa shape index (κ1) is 23.8. The largest absolute Gasteiger partial charge is 0.325 e. The zero-order chi connectivity index (χ0) is 23.1. The second-order valence-corrected chi connectivity index (χ2v) is 8.78. The predicted molar refractivity (Wildman–Crippen MR) is 129 cm³/mol. The Labute approximate surface area is 197 Å². The number of anilines is 2. The van der Waals surface area contributed by atoms with Gasteiger partial charge in [0.2, 0.25) is 11.8 Å². The first-order valence-electron chi connectivity index (χ1n) is 10.4. The molecule has 32 heavy (non-hydrogen) atoms. The summed E-state index contributed by atoms with van der Waals surface area (Å²) >= 11 is 7.39. The van der Waals surface area contributed by atoms with Crippen LogP contribution in [0.2, 0.25) is 5.02 Å². The van der Waals surface area contributed by atoms with Crippen LogP contribution < -0.4 is 10.6 Å². The van der Waals surface area contributed by atoms with Crippen molar-refractivity contribution in [2.75, 3.05) is 16.4 Å². The third-order valence-electron chi connectivity index (χ3n) is 4.77. The molecule has 1 heterocycles. The summed E-state index contributed by atoms with van der Waals surface area (Å²) in [5, 5.41) is 15.2. The first-order valence-corrected chi connectivity index (χ1v) is 11.7. The van der Waals surface area contributed by atoms with Gasteiger partial charge in [0.05, 0.1) is 22.9 Å². The van der Waals surface area contributed by atoms with E-state index in [0.29, 0.717) is 34.2 Å². The summed E-state index contributed by atoms with van der Waals surface area (Å²) in [6, 6.07) is 14.8. The van der Waals surface area contributed by atoms with Gasteiger partial charge in [-0.15, -0.1) is 10.2 Å². The van der Waals surface area contributed by atoms with Gasteiger partial charge in [-0.1, -0.05) is 67.5 Å². The molecule has 3 aromatic rings. The van der Waals surface area contributed by atoms with Crippen molar-refractivity contribution in [2.45, 2.75) is 44.8 Å². The minimum Gasteiger partial charge on any atom is -0.325 e. The first-order chi connectivity index (χ1) is 15.4. The predicted octanol–water partition coefficient (Wildman–Crippen LogP) is 4.99. The van der Waals surface area contributed by atoms with Crippen molar-refractivity contribution in [3.05, 3.63) is 64.9 Å². The van der Waals surface area contributed by atoms with E-state index in [-0.39, 0.29) is 24.0 Å². The number of hydrogen-bond donors (Lipinski definition) is 2. The topological polar surface area (TPSA) is 88.9 Å². The van der Waals surface area contributed by atoms with Crippen molar-refractivity contribution >= 4 is 46.6 Å². The van der Waals surface area contributed by atoms with Crippen molar-refractivity contribution in [1.82, 2.24) is 14.8 Å². The molecule has 0 fully saturated rings. The van der Waals surface area contributed by atoms with Gasteiger partial charge in [0.15, 0.2) is 5.16 Å². The standard InChI is InChI=1S/C23H26ClN5O2S/c1-4-29-20(13-21(30)26-19-12-8-6-10-17(19)24)27-28-23(29)32-14-22(31)25-18-11-7-5-9-16(18)15(2)3/h5-12,15H,4,13-14H2,1-3H3,(H,25,31)(H,26,30). The van der Waals surface area contributed by atoms with E-state index >= 15 is 0 Å². The third-order valence-corrected chi connectivity index (χ3v) is 6.06. The van der Waals surface area contributed by atoms with Crippen molar-refractivity contribution in [3.8, 4) is 0 Å². The Hall–Kier alpha value is -2.84. The number of nitrogens with one attached hydrogen (secondary N) is 2. The van der Waals surface area contributed by atoms with Gasteiger partial charge in [0, 0.05) is 12.2 Å². The highest BCUT2D eigenvalue weighted by molar-refractivity contribution is 7.99. The number of benzene rings is 2. The molecule has 0 spiro atoms. The van der Waals surface area contributed by atoms with E-state index in [0.717, 1.165) is 11.3 Å². The number of thioether (sulfide) groups is 1. The molecule has 2 aromatic carbocycles. The van der Waals surface area contributed by atoms with Gasteiger partial charge in [0.1, 0.15) is 5.82 Å². The fraction of sp³-hybridized carbons (Fsp3) is 0.304. The van der Waals surface area contributed by atoms with Crippen molar-refractivity contribution in [1.29, 1.82) is 0 Å². The van der Waals surface area contributed by atoms with E-state index in [1.54, 1.807) is 24.3 Å². The molecule has 0 saturated heterocycles. The van der Waals surface area contributed by atoms with Crippen LogP contribution in [0.4, 0.5) is 11.4 Å². The highest BCUT2D eigenvalue weighted by atomic mass is 35.5. The number of nitrogens with zero attached hydrogens (tertiary/aromatic N) is 3. The van der Waals surface area contributed by atoms with E-state index in [1.165, 1.54) is 11.8 Å². The highest BCUT2D eigenvalue weighted by Gasteiger charge is 2.17. The lowest BCUT2D eigenvalue weighted by atomic mass is 10.0. The summed E-state index contributed by atoms with van der Waals surface area (Å²) < 4.78 is 1.84. The average molecular weight is 472 g/mol. The van der Waals surface area contributed by atoms with Crippen LogP contribution in [0.15, 0.2) is 53.7 Å². The second kappa shape index (κ2) is 11.2. The summed E-state index contributed by atoms with van der Waals surface area (Å²) in [4.78, 5) is 25.0. The molecule has 0 aliphatic carbocycles. The maximum Gasteiger partial charge on any atom is 0.234 e. The van der Waals surface area contributed by atoms with Crippen LogP contribution in [-0.4, -0.2) is 32.3 Å². The molecule has 2 amide bonds. The number of rotatable bonds is 9. The Morgan fingerprint density at radius 1 is 1.00 bits per heavy atom. The lowest BCUT2D eigenvalue weighted by Crippen LogP contribution is -2.18. The summed E-state index contributed by atoms with van der Waals surface area (Å²) in [6.45, 7) is 6.71. The zero-order valence-electron chi connectivity index (χ0n) is 18.3. The highest BCUT2D eigenvalue weighted by Crippen LogP contribution is 2.25. The maximum absolute atomic E-state index is 12.5. The summed E-state index contributed by atoms with van der Waals surface area (Å²) in [5.41, 5.74) is 2.46. The summed E-state index contributed by atoms with van der Waals surface area (Å²) in [7, 11) is 0. The van der Waals surface area contributed by atoms with Crippen LogP contribution >= 0.6 is 23.4 Å². The van der Waals surface area contributed by atoms with E-state index in [4.69, 9.17) is 11.6 Å². The van der Waals surface area contributed by atoms with Gasteiger partial charge in [-0.25, -0.2) is 0 Å². The van der Waals surface area contributed by atoms with Crippen LogP contribution in [0.1, 0.15) is 38.1 Å². The van der Waals surface area contributed by atoms with Crippen LogP contribution in [0, 0.1) is 0 Å². The second-order valence-electron chi connectivity index (χ2n) is 7.43. The molecule has 0 aliphatic heterocycles. The molecular formula is C23H26ClN5O2S. The molecule has 7 nitrogen and oxygen atoms in total. The van der Waals surface area contributed by atoms with E-state index in [9.17, 15) is 9.59 Å². The molecule has 168 valence electrons. The summed E-state index contributed by atoms with van der Waals surface area (Å²) in [6.07, 6.45) is 0.0561. The molecule has 1 aromatic heterocycles. The van der Waals surface area contributed by atoms with Gasteiger partial charge in [0.25, 0.3) is 0 Å². The Morgan fingerprint density at radius 2 is 1.66 bits per heavy atom. The SMILES string of the molecule is CCn1c(CC(=O)Nc2ccccc2Cl)nnc1SCC(=O)Nc1ccccc1C(C)C. The van der Waals surface area contributed by atoms with Gasteiger partial charge in [-0.3, -0.25) is 9.59 Å². The summed E-state index contributed by atoms with van der Waals surface area (Å²) in [5.74, 6) is 0.676. The van der Waals surface area contributed by atoms with Crippen molar-refractivity contribution in [2.24, 2.45) is 0 Å². The third kappa shape index (κ3) is 6.11. The number of amides is 2. The number of hydrogen-bond acceptors (Lipinski definition) is 5. The fourth-order valence-electron chi connectivity index (χ4n) is 3.21. The average Bonchev–Trinajstić information content (AvgIpc) is 3.15. The number of carbonyl (C=O) groups excluding carboxylic acids is 2. The van der Waals surface area contributed by atoms with Gasteiger partial charge < -0.3 is 15.2 Å². The van der Waals surface area contributed by atoms with Crippen LogP contribution in [-0.2, 0) is 22.6 Å². The van der Waals surface area contributed by atoms with Crippen molar-refractivity contribution in [3.63, 3.8) is 0 Å². The number of para-hydroxylation sites is 2. The lowest BCUT2D eigenvalue weighted by molar-refractivity contribution is -0.116. The molecule has 0 unspecified atom stereocenters. The molecule has 2 N–H and O–H groups in total. The molecule has 0 saturated carbocycles. The lowest BCUT2D eigenvalue weighted by Gasteiger charge is -2.13. The van der Waals surface area contributed by atoms with E-state index in [2.05, 4.69) is 34.7 Å². The minimum absolute atomic E-state index is 0.0561. The normalized spacial score (nSPS) is 10.9. The molecule has 9 heteroatoms. The van der Waals surface area contributed by atoms with E-state index in [1.807, 2.05) is 35.8 Å². The minimum atomic E-state index is -0.236. The Morgan fingerprint density at radius 3 is 2.34 bits per heavy atom. The smallest absolute Gasteiger partial charge is 0.234 e. The van der Waals surface area contributed by atoms with Gasteiger partial charge in [-0.05, 0) is 36.6 Å². The molecular weight excluding hydrogens is 446 g/mol. The fourth-order valence-corrected chi connectivity index (χ4v) is 4.21. The molecule has 0 aliphatic rings. The monoisotopic (exact) mass is 471 g/mol. The number of carbonyl (C=O) groups is 2. The van der Waals surface area contributed by atoms with E-state index < -0.39 is 0 Å². The Balaban J connectivity index is 1.61. The zero-order valence-corrected chi connectivity index (χ0v) is 19.8. The Bertz CT molecular complexity index is 1100. The maximum atomic E-state index is 12.5. The number of halogens is 1. The van der Waals surface area contributed by atoms with Crippen LogP contribution in [0.3, 0.4) is 0 Å². The number of aromatic nitrogens is 3. The van der Waals surface area contributed by atoms with Crippen LogP contribution in [0.5, 0.6) is 0 Å². The molecule has 0 bridgehead atoms. The van der Waals surface area contributed by atoms with Crippen molar-refractivity contribution < 1.29 is 9.59 Å². The molecule has 0 radical (unpaired) electrons.